The van der Waals surface area contributed by atoms with Gasteiger partial charge in [-0.05, 0) is 39.8 Å². The van der Waals surface area contributed by atoms with Crippen LogP contribution in [0.15, 0.2) is 24.3 Å². The highest BCUT2D eigenvalue weighted by molar-refractivity contribution is 6.01. The number of nitro groups is 1. The summed E-state index contributed by atoms with van der Waals surface area (Å²) in [5.41, 5.74) is 1.13. The number of aryl methyl sites for hydroxylation is 1. The van der Waals surface area contributed by atoms with E-state index < -0.39 is 34.9 Å². The van der Waals surface area contributed by atoms with Crippen molar-refractivity contribution >= 4 is 23.4 Å². The Labute approximate surface area is 185 Å². The fourth-order valence-corrected chi connectivity index (χ4v) is 3.51. The third-order valence-electron chi connectivity index (χ3n) is 4.84. The molecule has 10 nitrogen and oxygen atoms in total. The van der Waals surface area contributed by atoms with Crippen LogP contribution in [0.1, 0.15) is 62.4 Å². The largest absolute Gasteiger partial charge is 0.462 e. The van der Waals surface area contributed by atoms with Gasteiger partial charge in [-0.15, -0.1) is 0 Å². The van der Waals surface area contributed by atoms with Crippen LogP contribution in [0.5, 0.6) is 0 Å². The highest BCUT2D eigenvalue weighted by Crippen LogP contribution is 2.22. The second-order valence-corrected chi connectivity index (χ2v) is 7.20. The zero-order chi connectivity index (χ0) is 24.0. The second-order valence-electron chi connectivity index (χ2n) is 7.20. The van der Waals surface area contributed by atoms with Crippen molar-refractivity contribution in [2.45, 2.75) is 33.7 Å². The molecule has 0 unspecified atom stereocenters. The van der Waals surface area contributed by atoms with Gasteiger partial charge in [0.2, 0.25) is 5.78 Å². The maximum Gasteiger partial charge on any atom is 0.338 e. The van der Waals surface area contributed by atoms with E-state index in [0.29, 0.717) is 17.9 Å². The molecule has 0 saturated heterocycles. The summed E-state index contributed by atoms with van der Waals surface area (Å²) in [6, 6.07) is 4.85. The summed E-state index contributed by atoms with van der Waals surface area (Å²) in [7, 11) is 1.59. The Balaban J connectivity index is 2.20. The van der Waals surface area contributed by atoms with Crippen molar-refractivity contribution in [3.8, 4) is 0 Å². The van der Waals surface area contributed by atoms with E-state index in [0.717, 1.165) is 23.9 Å². The zero-order valence-corrected chi connectivity index (χ0v) is 18.7. The lowest BCUT2D eigenvalue weighted by Crippen LogP contribution is -2.17. The molecule has 172 valence electrons. The Morgan fingerprint density at radius 3 is 2.19 bits per heavy atom. The van der Waals surface area contributed by atoms with Gasteiger partial charge in [-0.2, -0.15) is 0 Å². The third-order valence-corrected chi connectivity index (χ3v) is 4.84. The number of methoxy groups -OCH3 is 1. The average Bonchev–Trinajstić information content (AvgIpc) is 3.05. The second kappa shape index (κ2) is 10.7. The third kappa shape index (κ3) is 5.58. The van der Waals surface area contributed by atoms with E-state index in [1.807, 2.05) is 18.4 Å². The summed E-state index contributed by atoms with van der Waals surface area (Å²) in [5, 5.41) is 11.2. The maximum atomic E-state index is 12.7. The number of carbonyl (C=O) groups is 3. The standard InChI is InChI=1S/C22H26N2O8/c1-6-31-21(26)16-8-17(10-18(9-16)24(28)29)22(27)32-12-20(25)19-7-13(2)23(15(19)4)14(3)11-30-5/h7-10,14H,6,11-12H2,1-5H3/t14-/m1/s1. The topological polar surface area (TPSA) is 127 Å². The summed E-state index contributed by atoms with van der Waals surface area (Å²) in [4.78, 5) is 47.5. The number of benzene rings is 1. The highest BCUT2D eigenvalue weighted by atomic mass is 16.6. The van der Waals surface area contributed by atoms with Crippen molar-refractivity contribution in [3.05, 3.63) is 62.5 Å². The number of carbonyl (C=O) groups excluding carboxylic acids is 3. The zero-order valence-electron chi connectivity index (χ0n) is 18.7. The highest BCUT2D eigenvalue weighted by Gasteiger charge is 2.22. The first-order chi connectivity index (χ1) is 15.1. The van der Waals surface area contributed by atoms with Gasteiger partial charge < -0.3 is 18.8 Å². The Morgan fingerprint density at radius 2 is 1.66 bits per heavy atom. The van der Waals surface area contributed by atoms with Gasteiger partial charge in [0.05, 0.1) is 35.3 Å². The molecule has 0 spiro atoms. The van der Waals surface area contributed by atoms with E-state index in [4.69, 9.17) is 14.2 Å². The quantitative estimate of drug-likeness (QED) is 0.235. The molecule has 0 aliphatic heterocycles. The van der Waals surface area contributed by atoms with Crippen molar-refractivity contribution in [3.63, 3.8) is 0 Å². The SMILES string of the molecule is CCOC(=O)c1cc(C(=O)OCC(=O)c2cc(C)n([C@H](C)COC)c2C)cc([N+](=O)[O-])c1. The van der Waals surface area contributed by atoms with Crippen LogP contribution < -0.4 is 0 Å². The van der Waals surface area contributed by atoms with Crippen LogP contribution in [0.2, 0.25) is 0 Å². The number of non-ortho nitro benzene ring substituents is 1. The molecular weight excluding hydrogens is 420 g/mol. The fourth-order valence-electron chi connectivity index (χ4n) is 3.51. The minimum Gasteiger partial charge on any atom is -0.462 e. The number of hydrogen-bond donors (Lipinski definition) is 0. The number of hydrogen-bond acceptors (Lipinski definition) is 8. The summed E-state index contributed by atoms with van der Waals surface area (Å²) in [6.07, 6.45) is 0. The number of rotatable bonds is 10. The first kappa shape index (κ1) is 24.7. The normalized spacial score (nSPS) is 11.7. The summed E-state index contributed by atoms with van der Waals surface area (Å²) in [6.45, 7) is 7.18. The van der Waals surface area contributed by atoms with Gasteiger partial charge in [-0.1, -0.05) is 0 Å². The number of esters is 2. The number of nitro benzene ring substituents is 1. The van der Waals surface area contributed by atoms with E-state index in [9.17, 15) is 24.5 Å². The molecule has 0 N–H and O–H groups in total. The van der Waals surface area contributed by atoms with Crippen molar-refractivity contribution in [2.24, 2.45) is 0 Å². The molecule has 2 aromatic rings. The molecule has 0 radical (unpaired) electrons. The summed E-state index contributed by atoms with van der Waals surface area (Å²) in [5.74, 6) is -2.19. The molecule has 0 saturated carbocycles. The van der Waals surface area contributed by atoms with Crippen molar-refractivity contribution in [2.75, 3.05) is 26.9 Å². The number of ketones is 1. The van der Waals surface area contributed by atoms with Crippen LogP contribution in [-0.2, 0) is 14.2 Å². The van der Waals surface area contributed by atoms with E-state index in [1.54, 1.807) is 27.0 Å². The average molecular weight is 446 g/mol. The maximum absolute atomic E-state index is 12.7. The Hall–Kier alpha value is -3.53. The van der Waals surface area contributed by atoms with Crippen molar-refractivity contribution < 1.29 is 33.5 Å². The molecule has 1 heterocycles. The Kier molecular flexibility index (Phi) is 8.25. The van der Waals surface area contributed by atoms with Crippen LogP contribution in [0.4, 0.5) is 5.69 Å². The summed E-state index contributed by atoms with van der Waals surface area (Å²) < 4.78 is 17.1. The predicted octanol–water partition coefficient (Wildman–Crippen LogP) is 3.44. The van der Waals surface area contributed by atoms with Crippen LogP contribution in [-0.4, -0.2) is 54.1 Å². The van der Waals surface area contributed by atoms with E-state index >= 15 is 0 Å². The summed E-state index contributed by atoms with van der Waals surface area (Å²) >= 11 is 0. The minimum atomic E-state index is -0.964. The molecule has 1 aromatic carbocycles. The lowest BCUT2D eigenvalue weighted by Gasteiger charge is -2.17. The van der Waals surface area contributed by atoms with Gasteiger partial charge in [-0.25, -0.2) is 9.59 Å². The van der Waals surface area contributed by atoms with Gasteiger partial charge in [0.25, 0.3) is 5.69 Å². The molecule has 0 aliphatic rings. The van der Waals surface area contributed by atoms with Gasteiger partial charge in [-0.3, -0.25) is 14.9 Å². The smallest absolute Gasteiger partial charge is 0.338 e. The molecule has 2 rings (SSSR count). The fraction of sp³-hybridized carbons (Fsp3) is 0.409. The van der Waals surface area contributed by atoms with E-state index in [1.165, 1.54) is 0 Å². The van der Waals surface area contributed by atoms with Crippen molar-refractivity contribution in [1.82, 2.24) is 4.57 Å². The van der Waals surface area contributed by atoms with E-state index in [2.05, 4.69) is 0 Å². The van der Waals surface area contributed by atoms with Gasteiger partial charge in [0.1, 0.15) is 0 Å². The number of Topliss-reactive ketones (excluding diaryl/α,β-unsaturated/α-hetero) is 1. The van der Waals surface area contributed by atoms with Gasteiger partial charge in [0.15, 0.2) is 6.61 Å². The molecule has 32 heavy (non-hydrogen) atoms. The van der Waals surface area contributed by atoms with E-state index in [-0.39, 0.29) is 23.8 Å². The Bertz CT molecular complexity index is 1040. The molecule has 0 bridgehead atoms. The first-order valence-electron chi connectivity index (χ1n) is 9.94. The van der Waals surface area contributed by atoms with Crippen molar-refractivity contribution in [1.29, 1.82) is 0 Å². The number of nitrogens with zero attached hydrogens (tertiary/aromatic N) is 2. The molecule has 10 heteroatoms. The lowest BCUT2D eigenvalue weighted by molar-refractivity contribution is -0.384. The molecule has 0 fully saturated rings. The molecule has 1 aromatic heterocycles. The minimum absolute atomic E-state index is 0.00951. The molecule has 0 amide bonds. The first-order valence-corrected chi connectivity index (χ1v) is 9.94. The number of aromatic nitrogens is 1. The lowest BCUT2D eigenvalue weighted by atomic mass is 10.1. The van der Waals surface area contributed by atoms with Crippen LogP contribution in [0.3, 0.4) is 0 Å². The van der Waals surface area contributed by atoms with Crippen LogP contribution in [0.25, 0.3) is 0 Å². The van der Waals surface area contributed by atoms with Gasteiger partial charge >= 0.3 is 11.9 Å². The van der Waals surface area contributed by atoms with Gasteiger partial charge in [0, 0.05) is 36.2 Å². The van der Waals surface area contributed by atoms with Crippen LogP contribution in [0, 0.1) is 24.0 Å². The monoisotopic (exact) mass is 446 g/mol. The number of ether oxygens (including phenoxy) is 3. The molecule has 1 atom stereocenters. The molecule has 0 aliphatic carbocycles. The Morgan fingerprint density at radius 1 is 1.06 bits per heavy atom. The molecular formula is C22H26N2O8. The van der Waals surface area contributed by atoms with Crippen LogP contribution >= 0.6 is 0 Å². The predicted molar refractivity (Wildman–Crippen MR) is 114 cm³/mol.